The minimum absolute atomic E-state index is 0.0165. The van der Waals surface area contributed by atoms with Gasteiger partial charge < -0.3 is 20.5 Å². The molecule has 0 saturated carbocycles. The number of methoxy groups -OCH3 is 1. The van der Waals surface area contributed by atoms with Crippen molar-refractivity contribution in [3.63, 3.8) is 0 Å². The van der Waals surface area contributed by atoms with Crippen molar-refractivity contribution < 1.29 is 14.3 Å². The monoisotopic (exact) mass is 475 g/mol. The van der Waals surface area contributed by atoms with Crippen LogP contribution in [0.2, 0.25) is 0 Å². The number of aromatic nitrogens is 5. The summed E-state index contributed by atoms with van der Waals surface area (Å²) in [5, 5.41) is 13.7. The lowest BCUT2D eigenvalue weighted by atomic mass is 10.1. The zero-order valence-electron chi connectivity index (χ0n) is 20.1. The third-order valence-corrected chi connectivity index (χ3v) is 6.41. The van der Waals surface area contributed by atoms with Gasteiger partial charge in [-0.15, -0.1) is 5.10 Å². The minimum atomic E-state index is -0.571. The third-order valence-electron chi connectivity index (χ3n) is 6.41. The minimum Gasteiger partial charge on any atom is -0.495 e. The molecule has 3 N–H and O–H groups in total. The molecule has 1 aliphatic heterocycles. The summed E-state index contributed by atoms with van der Waals surface area (Å²) in [4.78, 5) is 16.5. The third kappa shape index (κ3) is 4.10. The van der Waals surface area contributed by atoms with Gasteiger partial charge in [0.05, 0.1) is 30.0 Å². The predicted octanol–water partition coefficient (Wildman–Crippen LogP) is 3.94. The Bertz CT molecular complexity index is 1390. The lowest BCUT2D eigenvalue weighted by Crippen LogP contribution is -2.19. The highest BCUT2D eigenvalue weighted by molar-refractivity contribution is 5.98. The Morgan fingerprint density at radius 1 is 1.29 bits per heavy atom. The number of aryl methyl sites for hydroxylation is 2. The van der Waals surface area contributed by atoms with Crippen molar-refractivity contribution >= 4 is 28.4 Å². The van der Waals surface area contributed by atoms with E-state index in [2.05, 4.69) is 33.5 Å². The lowest BCUT2D eigenvalue weighted by Gasteiger charge is -2.23. The summed E-state index contributed by atoms with van der Waals surface area (Å²) in [6.07, 6.45) is 5.93. The molecule has 35 heavy (non-hydrogen) atoms. The zero-order valence-corrected chi connectivity index (χ0v) is 20.1. The van der Waals surface area contributed by atoms with Crippen LogP contribution in [0, 0.1) is 0 Å². The highest BCUT2D eigenvalue weighted by Gasteiger charge is 2.22. The summed E-state index contributed by atoms with van der Waals surface area (Å²) in [5.74, 6) is 0.767. The number of carbonyl (C=O) groups is 1. The van der Waals surface area contributed by atoms with Gasteiger partial charge in [0.2, 0.25) is 5.95 Å². The van der Waals surface area contributed by atoms with Crippen molar-refractivity contribution in [3.8, 4) is 17.1 Å². The molecule has 1 saturated heterocycles. The van der Waals surface area contributed by atoms with Gasteiger partial charge in [-0.1, -0.05) is 13.0 Å². The standard InChI is InChI=1S/C25H29N7O3/c1-4-15-18-14-27-32(21-10-5-6-13-35-21)20(18)12-11-19(15)28-25-29-24(30-31(25)2)17-9-7-8-16(23(26)33)22(17)34-3/h7-9,11-12,14,21H,4-6,10,13H2,1-3H3,(H2,26,33)(H,28,29,30). The normalized spacial score (nSPS) is 15.9. The number of fused-ring (bicyclic) bond motifs is 1. The number of nitrogens with one attached hydrogen (secondary N) is 1. The van der Waals surface area contributed by atoms with E-state index in [1.807, 2.05) is 24.0 Å². The maximum atomic E-state index is 11.8. The molecule has 1 unspecified atom stereocenters. The summed E-state index contributed by atoms with van der Waals surface area (Å²) >= 11 is 0. The molecule has 1 amide bonds. The molecule has 4 aromatic rings. The van der Waals surface area contributed by atoms with Crippen molar-refractivity contribution in [2.45, 2.75) is 38.8 Å². The average Bonchev–Trinajstić information content (AvgIpc) is 3.47. The lowest BCUT2D eigenvalue weighted by molar-refractivity contribution is -0.0366. The maximum absolute atomic E-state index is 11.8. The van der Waals surface area contributed by atoms with E-state index in [9.17, 15) is 4.79 Å². The van der Waals surface area contributed by atoms with Crippen molar-refractivity contribution in [1.82, 2.24) is 24.5 Å². The van der Waals surface area contributed by atoms with Gasteiger partial charge in [-0.05, 0) is 55.5 Å². The fourth-order valence-electron chi connectivity index (χ4n) is 4.68. The average molecular weight is 476 g/mol. The molecule has 1 aliphatic rings. The van der Waals surface area contributed by atoms with E-state index in [4.69, 9.17) is 15.2 Å². The van der Waals surface area contributed by atoms with Crippen molar-refractivity contribution in [3.05, 3.63) is 47.7 Å². The number of carbonyl (C=O) groups excluding carboxylic acids is 1. The molecule has 2 aromatic carbocycles. The number of anilines is 2. The number of benzene rings is 2. The van der Waals surface area contributed by atoms with Gasteiger partial charge in [0, 0.05) is 24.7 Å². The Hall–Kier alpha value is -3.92. The Morgan fingerprint density at radius 3 is 2.86 bits per heavy atom. The fourth-order valence-corrected chi connectivity index (χ4v) is 4.68. The topological polar surface area (TPSA) is 122 Å². The number of nitrogens with two attached hydrogens (primary N) is 1. The van der Waals surface area contributed by atoms with Crippen LogP contribution >= 0.6 is 0 Å². The molecule has 10 nitrogen and oxygen atoms in total. The Labute approximate surface area is 203 Å². The quantitative estimate of drug-likeness (QED) is 0.415. The van der Waals surface area contributed by atoms with Crippen LogP contribution in [0.5, 0.6) is 5.75 Å². The molecular weight excluding hydrogens is 446 g/mol. The van der Waals surface area contributed by atoms with Crippen molar-refractivity contribution in [2.75, 3.05) is 19.0 Å². The summed E-state index contributed by atoms with van der Waals surface area (Å²) in [6, 6.07) is 9.27. The molecule has 0 radical (unpaired) electrons. The number of primary amides is 1. The Kier molecular flexibility index (Phi) is 6.12. The van der Waals surface area contributed by atoms with Crippen LogP contribution in [0.3, 0.4) is 0 Å². The summed E-state index contributed by atoms with van der Waals surface area (Å²) in [7, 11) is 3.31. The molecule has 182 valence electrons. The van der Waals surface area contributed by atoms with Gasteiger partial charge in [0.1, 0.15) is 5.75 Å². The zero-order chi connectivity index (χ0) is 24.5. The summed E-state index contributed by atoms with van der Waals surface area (Å²) in [6.45, 7) is 2.89. The SMILES string of the molecule is CCc1c(Nc2nc(-c3cccc(C(N)=O)c3OC)nn2C)ccc2c1cnn2C1CCCCO1. The van der Waals surface area contributed by atoms with Crippen molar-refractivity contribution in [1.29, 1.82) is 0 Å². The number of hydrogen-bond acceptors (Lipinski definition) is 7. The van der Waals surface area contributed by atoms with E-state index in [0.29, 0.717) is 23.1 Å². The van der Waals surface area contributed by atoms with Crippen LogP contribution in [0.4, 0.5) is 11.6 Å². The molecule has 0 aliphatic carbocycles. The highest BCUT2D eigenvalue weighted by Crippen LogP contribution is 2.34. The van der Waals surface area contributed by atoms with Gasteiger partial charge in [-0.25, -0.2) is 9.36 Å². The van der Waals surface area contributed by atoms with Crippen LogP contribution in [0.15, 0.2) is 36.5 Å². The van der Waals surface area contributed by atoms with E-state index in [1.54, 1.807) is 22.9 Å². The van der Waals surface area contributed by atoms with E-state index in [0.717, 1.165) is 54.4 Å². The van der Waals surface area contributed by atoms with Gasteiger partial charge >= 0.3 is 0 Å². The van der Waals surface area contributed by atoms with Gasteiger partial charge in [0.15, 0.2) is 12.1 Å². The molecule has 2 aromatic heterocycles. The number of rotatable bonds is 7. The van der Waals surface area contributed by atoms with Gasteiger partial charge in [-0.3, -0.25) is 4.79 Å². The van der Waals surface area contributed by atoms with Crippen LogP contribution in [0.1, 0.15) is 48.3 Å². The molecule has 10 heteroatoms. The molecule has 1 fully saturated rings. The highest BCUT2D eigenvalue weighted by atomic mass is 16.5. The second-order valence-corrected chi connectivity index (χ2v) is 8.55. The molecule has 1 atom stereocenters. The van der Waals surface area contributed by atoms with Crippen LogP contribution < -0.4 is 15.8 Å². The van der Waals surface area contributed by atoms with Gasteiger partial charge in [-0.2, -0.15) is 10.1 Å². The molecule has 3 heterocycles. The Balaban J connectivity index is 1.50. The second-order valence-electron chi connectivity index (χ2n) is 8.55. The smallest absolute Gasteiger partial charge is 0.252 e. The van der Waals surface area contributed by atoms with Crippen LogP contribution in [0.25, 0.3) is 22.3 Å². The number of hydrogen-bond donors (Lipinski definition) is 2. The molecule has 0 bridgehead atoms. The summed E-state index contributed by atoms with van der Waals surface area (Å²) in [5.41, 5.74) is 9.52. The second kappa shape index (κ2) is 9.38. The van der Waals surface area contributed by atoms with E-state index in [-0.39, 0.29) is 11.8 Å². The predicted molar refractivity (Wildman–Crippen MR) is 133 cm³/mol. The van der Waals surface area contributed by atoms with Crippen LogP contribution in [-0.4, -0.2) is 44.2 Å². The van der Waals surface area contributed by atoms with E-state index >= 15 is 0 Å². The first-order chi connectivity index (χ1) is 17.0. The first-order valence-corrected chi connectivity index (χ1v) is 11.8. The largest absolute Gasteiger partial charge is 0.495 e. The summed E-state index contributed by atoms with van der Waals surface area (Å²) < 4.78 is 15.1. The van der Waals surface area contributed by atoms with Gasteiger partial charge in [0.25, 0.3) is 5.91 Å². The van der Waals surface area contributed by atoms with E-state index < -0.39 is 5.91 Å². The fraction of sp³-hybridized carbons (Fsp3) is 0.360. The molecular formula is C25H29N7O3. The molecule has 0 spiro atoms. The van der Waals surface area contributed by atoms with Crippen LogP contribution in [-0.2, 0) is 18.2 Å². The Morgan fingerprint density at radius 2 is 2.14 bits per heavy atom. The first-order valence-electron chi connectivity index (χ1n) is 11.8. The first kappa shape index (κ1) is 22.9. The number of ether oxygens (including phenoxy) is 2. The maximum Gasteiger partial charge on any atom is 0.252 e. The number of nitrogens with zero attached hydrogens (tertiary/aromatic N) is 5. The van der Waals surface area contributed by atoms with E-state index in [1.165, 1.54) is 7.11 Å². The van der Waals surface area contributed by atoms with Crippen molar-refractivity contribution in [2.24, 2.45) is 12.8 Å². The molecule has 5 rings (SSSR count). The number of amides is 1. The number of para-hydroxylation sites is 1.